The summed E-state index contributed by atoms with van der Waals surface area (Å²) >= 11 is 7.85. The Hall–Kier alpha value is -2.82. The molecule has 0 spiro atoms. The maximum absolute atomic E-state index is 14.1. The van der Waals surface area contributed by atoms with Crippen molar-refractivity contribution in [2.45, 2.75) is 56.8 Å². The van der Waals surface area contributed by atoms with Crippen molar-refractivity contribution in [3.63, 3.8) is 0 Å². The van der Waals surface area contributed by atoms with Crippen molar-refractivity contribution in [2.24, 2.45) is 22.7 Å². The van der Waals surface area contributed by atoms with Gasteiger partial charge in [0, 0.05) is 65.2 Å². The summed E-state index contributed by atoms with van der Waals surface area (Å²) in [6.45, 7) is -2.56. The number of aromatic nitrogens is 3. The van der Waals surface area contributed by atoms with Crippen LogP contribution >= 0.6 is 22.9 Å². The minimum absolute atomic E-state index is 0.0968. The number of aliphatic imine (C=N–C) groups is 1. The number of amidine groups is 1. The molecule has 16 heteroatoms. The van der Waals surface area contributed by atoms with Crippen molar-refractivity contribution >= 4 is 44.6 Å². The fraction of sp³-hybridized carbons (Fsp3) is 0.483. The molecular weight excluding hydrogens is 651 g/mol. The summed E-state index contributed by atoms with van der Waals surface area (Å²) < 4.78 is 73.7. The number of fused-ring (bicyclic) bond motifs is 1. The van der Waals surface area contributed by atoms with E-state index in [0.717, 1.165) is 18.7 Å². The Morgan fingerprint density at radius 2 is 2.00 bits per heavy atom. The first kappa shape index (κ1) is 30.8. The number of aliphatic hydroxyl groups is 1. The Morgan fingerprint density at radius 1 is 1.18 bits per heavy atom. The summed E-state index contributed by atoms with van der Waals surface area (Å²) in [6.07, 6.45) is 6.29. The van der Waals surface area contributed by atoms with Gasteiger partial charge in [0.25, 0.3) is 10.2 Å². The summed E-state index contributed by atoms with van der Waals surface area (Å²) in [5.74, 6) is 0.853. The van der Waals surface area contributed by atoms with Gasteiger partial charge in [-0.2, -0.15) is 27.0 Å². The molecular formula is C29H31ClF3N7O3S2. The van der Waals surface area contributed by atoms with Crippen LogP contribution in [-0.4, -0.2) is 64.3 Å². The van der Waals surface area contributed by atoms with Gasteiger partial charge in [0.05, 0.1) is 11.8 Å². The minimum Gasteiger partial charge on any atom is -0.393 e. The molecule has 1 aromatic carbocycles. The molecule has 2 aliphatic carbocycles. The van der Waals surface area contributed by atoms with Crippen LogP contribution in [0.4, 0.5) is 13.2 Å². The zero-order valence-corrected chi connectivity index (χ0v) is 26.2. The van der Waals surface area contributed by atoms with Crippen molar-refractivity contribution in [2.75, 3.05) is 13.1 Å². The average molecular weight is 682 g/mol. The standard InChI is InChI=1S/C29H31ClF3N7O3S2/c30-21-11-18(31)3-4-20(21)26-25(22-5-7-40(37-22)29(32)33)23-12-19(14-39(23)27(36-26)28-34-6-8-44-28)38-45(42,43)35-13-17-9-16(10-24(17)41)15-1-2-15/h3-8,11,15-17,19,24,26,29,35,38,41H,1-2,9-10,12-14H2/t16?,17?,19?,24?,26-/m0/s1. The van der Waals surface area contributed by atoms with Gasteiger partial charge in [0.1, 0.15) is 11.9 Å². The van der Waals surface area contributed by atoms with Crippen LogP contribution < -0.4 is 9.44 Å². The number of benzene rings is 1. The lowest BCUT2D eigenvalue weighted by atomic mass is 9.92. The third-order valence-electron chi connectivity index (χ3n) is 9.06. The number of halogens is 4. The van der Waals surface area contributed by atoms with Gasteiger partial charge in [-0.05, 0) is 61.6 Å². The second-order valence-corrected chi connectivity index (χ2v) is 14.9. The monoisotopic (exact) mass is 681 g/mol. The molecule has 3 fully saturated rings. The second-order valence-electron chi connectivity index (χ2n) is 12.1. The van der Waals surface area contributed by atoms with Crippen LogP contribution in [0, 0.1) is 23.6 Å². The molecule has 3 N–H and O–H groups in total. The van der Waals surface area contributed by atoms with Crippen molar-refractivity contribution in [1.82, 2.24) is 29.1 Å². The molecule has 0 bridgehead atoms. The lowest BCUT2D eigenvalue weighted by molar-refractivity contribution is 0.0564. The van der Waals surface area contributed by atoms with Crippen molar-refractivity contribution < 1.29 is 26.7 Å². The van der Waals surface area contributed by atoms with Crippen LogP contribution in [-0.2, 0) is 10.2 Å². The van der Waals surface area contributed by atoms with Gasteiger partial charge in [0.15, 0.2) is 10.8 Å². The van der Waals surface area contributed by atoms with E-state index in [1.165, 1.54) is 42.4 Å². The molecule has 2 saturated carbocycles. The zero-order chi connectivity index (χ0) is 31.5. The number of aliphatic hydroxyl groups excluding tert-OH is 1. The van der Waals surface area contributed by atoms with Crippen LogP contribution in [0.1, 0.15) is 61.0 Å². The smallest absolute Gasteiger partial charge is 0.333 e. The Kier molecular flexibility index (Phi) is 8.27. The molecule has 45 heavy (non-hydrogen) atoms. The van der Waals surface area contributed by atoms with Gasteiger partial charge >= 0.3 is 6.55 Å². The Labute approximate surface area is 267 Å². The molecule has 2 aliphatic heterocycles. The number of hydrogen-bond acceptors (Lipinski definition) is 8. The Balaban J connectivity index is 1.21. The fourth-order valence-corrected chi connectivity index (χ4v) is 8.85. The van der Waals surface area contributed by atoms with Gasteiger partial charge in [-0.1, -0.05) is 17.7 Å². The van der Waals surface area contributed by atoms with Gasteiger partial charge in [0.2, 0.25) is 0 Å². The van der Waals surface area contributed by atoms with Crippen LogP contribution in [0.5, 0.6) is 0 Å². The maximum Gasteiger partial charge on any atom is 0.333 e. The Morgan fingerprint density at radius 3 is 2.69 bits per heavy atom. The largest absolute Gasteiger partial charge is 0.393 e. The van der Waals surface area contributed by atoms with E-state index in [2.05, 4.69) is 19.5 Å². The molecule has 1 saturated heterocycles. The highest BCUT2D eigenvalue weighted by atomic mass is 35.5. The molecule has 4 unspecified atom stereocenters. The highest BCUT2D eigenvalue weighted by Gasteiger charge is 2.43. The predicted octanol–water partition coefficient (Wildman–Crippen LogP) is 4.74. The maximum atomic E-state index is 14.1. The highest BCUT2D eigenvalue weighted by Crippen LogP contribution is 2.48. The SMILES string of the molecule is O=S(=O)(NCC1CC(C2CC2)CC1O)NC1CC2=C(c3ccn(C(F)F)n3)[C@H](c3ccc(F)cc3Cl)N=C(c3nccs3)N2C1. The minimum atomic E-state index is -3.97. The number of nitrogens with one attached hydrogen (secondary N) is 2. The molecule has 10 nitrogen and oxygen atoms in total. The van der Waals surface area contributed by atoms with Crippen LogP contribution in [0.3, 0.4) is 0 Å². The molecule has 4 heterocycles. The van der Waals surface area contributed by atoms with Crippen molar-refractivity contribution in [3.8, 4) is 0 Å². The van der Waals surface area contributed by atoms with E-state index in [9.17, 15) is 26.7 Å². The molecule has 4 aliphatic rings. The molecule has 7 rings (SSSR count). The van der Waals surface area contributed by atoms with Gasteiger partial charge in [-0.3, -0.25) is 4.99 Å². The number of hydrogen-bond donors (Lipinski definition) is 3. The van der Waals surface area contributed by atoms with Crippen LogP contribution in [0.25, 0.3) is 5.57 Å². The van der Waals surface area contributed by atoms with Crippen molar-refractivity contribution in [3.05, 3.63) is 74.8 Å². The van der Waals surface area contributed by atoms with Gasteiger partial charge in [-0.15, -0.1) is 11.3 Å². The molecule has 240 valence electrons. The van der Waals surface area contributed by atoms with E-state index >= 15 is 0 Å². The topological polar surface area (TPSA) is 125 Å². The van der Waals surface area contributed by atoms with E-state index in [4.69, 9.17) is 16.6 Å². The summed E-state index contributed by atoms with van der Waals surface area (Å²) in [4.78, 5) is 11.2. The van der Waals surface area contributed by atoms with Crippen LogP contribution in [0.15, 0.2) is 52.7 Å². The number of nitrogens with zero attached hydrogens (tertiary/aromatic N) is 5. The van der Waals surface area contributed by atoms with Crippen molar-refractivity contribution in [1.29, 1.82) is 0 Å². The number of rotatable bonds is 10. The molecule has 5 atom stereocenters. The highest BCUT2D eigenvalue weighted by molar-refractivity contribution is 7.87. The molecule has 0 radical (unpaired) electrons. The normalized spacial score (nSPS) is 27.0. The van der Waals surface area contributed by atoms with E-state index in [1.807, 2.05) is 4.90 Å². The lowest BCUT2D eigenvalue weighted by Crippen LogP contribution is -2.46. The first-order valence-corrected chi connectivity index (χ1v) is 17.5. The van der Waals surface area contributed by atoms with Gasteiger partial charge in [-0.25, -0.2) is 18.8 Å². The summed E-state index contributed by atoms with van der Waals surface area (Å²) in [5, 5.41) is 17.1. The third kappa shape index (κ3) is 6.30. The Bertz CT molecular complexity index is 1750. The third-order valence-corrected chi connectivity index (χ3v) is 11.4. The summed E-state index contributed by atoms with van der Waals surface area (Å²) in [6, 6.07) is 3.87. The molecule has 0 amide bonds. The zero-order valence-electron chi connectivity index (χ0n) is 23.9. The summed E-state index contributed by atoms with van der Waals surface area (Å²) in [5.41, 5.74) is 1.72. The van der Waals surface area contributed by atoms with Crippen LogP contribution in [0.2, 0.25) is 5.02 Å². The quantitative estimate of drug-likeness (QED) is 0.284. The lowest BCUT2D eigenvalue weighted by Gasteiger charge is -2.32. The molecule has 2 aromatic heterocycles. The van der Waals surface area contributed by atoms with E-state index < -0.39 is 40.8 Å². The average Bonchev–Trinajstić information content (AvgIpc) is 3.37. The van der Waals surface area contributed by atoms with E-state index in [0.29, 0.717) is 50.6 Å². The first-order chi connectivity index (χ1) is 21.6. The second kappa shape index (κ2) is 12.1. The number of thiazole rings is 1. The number of alkyl halides is 2. The predicted molar refractivity (Wildman–Crippen MR) is 163 cm³/mol. The first-order valence-electron chi connectivity index (χ1n) is 14.8. The van der Waals surface area contributed by atoms with E-state index in [-0.39, 0.29) is 36.1 Å². The van der Waals surface area contributed by atoms with Gasteiger partial charge < -0.3 is 10.0 Å². The molecule has 3 aromatic rings. The van der Waals surface area contributed by atoms with E-state index in [1.54, 1.807) is 11.6 Å². The summed E-state index contributed by atoms with van der Waals surface area (Å²) in [7, 11) is -3.97. The fourth-order valence-electron chi connectivity index (χ4n) is 6.83.